The highest BCUT2D eigenvalue weighted by atomic mass is 35.5. The van der Waals surface area contributed by atoms with Crippen LogP contribution < -0.4 is 10.2 Å². The molecular formula is C18H21ClFN3O5S2. The average Bonchev–Trinajstić information content (AvgIpc) is 3.05. The van der Waals surface area contributed by atoms with Crippen LogP contribution in [0.4, 0.5) is 14.9 Å². The van der Waals surface area contributed by atoms with Crippen molar-refractivity contribution < 1.29 is 27.1 Å². The highest BCUT2D eigenvalue weighted by molar-refractivity contribution is 8.16. The number of hydrogen-bond acceptors (Lipinski definition) is 6. The van der Waals surface area contributed by atoms with E-state index in [0.717, 1.165) is 11.8 Å². The van der Waals surface area contributed by atoms with Crippen molar-refractivity contribution in [1.82, 2.24) is 5.32 Å². The lowest BCUT2D eigenvalue weighted by Crippen LogP contribution is -2.38. The van der Waals surface area contributed by atoms with Gasteiger partial charge in [0.1, 0.15) is 18.0 Å². The Kier molecular flexibility index (Phi) is 6.35. The van der Waals surface area contributed by atoms with Gasteiger partial charge in [0.2, 0.25) is 0 Å². The predicted molar refractivity (Wildman–Crippen MR) is 114 cm³/mol. The lowest BCUT2D eigenvalue weighted by atomic mass is 10.2. The van der Waals surface area contributed by atoms with E-state index in [2.05, 4.69) is 10.3 Å². The monoisotopic (exact) mass is 477 g/mol. The van der Waals surface area contributed by atoms with Gasteiger partial charge in [0.05, 0.1) is 22.6 Å². The van der Waals surface area contributed by atoms with Crippen LogP contribution in [0.2, 0.25) is 5.02 Å². The number of amidine groups is 1. The van der Waals surface area contributed by atoms with Crippen molar-refractivity contribution in [3.05, 3.63) is 29.0 Å². The van der Waals surface area contributed by atoms with Crippen molar-refractivity contribution in [2.24, 2.45) is 4.99 Å². The number of halogens is 2. The first kappa shape index (κ1) is 22.8. The molecule has 0 aromatic heterocycles. The van der Waals surface area contributed by atoms with E-state index in [1.807, 2.05) is 0 Å². The van der Waals surface area contributed by atoms with Crippen LogP contribution in [0.3, 0.4) is 0 Å². The lowest BCUT2D eigenvalue weighted by Gasteiger charge is -2.24. The fourth-order valence-electron chi connectivity index (χ4n) is 3.11. The molecule has 0 spiro atoms. The maximum Gasteiger partial charge on any atom is 0.408 e. The fraction of sp³-hybridized carbons (Fsp3) is 0.500. The number of rotatable bonds is 3. The predicted octanol–water partition coefficient (Wildman–Crippen LogP) is 2.61. The minimum Gasteiger partial charge on any atom is -0.444 e. The Morgan fingerprint density at radius 2 is 2.07 bits per heavy atom. The maximum absolute atomic E-state index is 13.6. The molecule has 2 saturated heterocycles. The zero-order valence-electron chi connectivity index (χ0n) is 16.5. The molecule has 2 fully saturated rings. The number of anilines is 1. The van der Waals surface area contributed by atoms with Gasteiger partial charge in [0, 0.05) is 10.9 Å². The smallest absolute Gasteiger partial charge is 0.408 e. The van der Waals surface area contributed by atoms with E-state index in [1.54, 1.807) is 25.7 Å². The number of thioether (sulfide) groups is 1. The summed E-state index contributed by atoms with van der Waals surface area (Å²) in [5.74, 6) is -1.40. The second-order valence-corrected chi connectivity index (χ2v) is 11.7. The van der Waals surface area contributed by atoms with Gasteiger partial charge < -0.3 is 15.0 Å². The van der Waals surface area contributed by atoms with Gasteiger partial charge in [0.25, 0.3) is 5.91 Å². The van der Waals surface area contributed by atoms with Gasteiger partial charge >= 0.3 is 6.09 Å². The van der Waals surface area contributed by atoms with Crippen LogP contribution >= 0.6 is 23.4 Å². The number of nitrogens with zero attached hydrogens (tertiary/aromatic N) is 2. The van der Waals surface area contributed by atoms with Gasteiger partial charge in [-0.25, -0.2) is 17.6 Å². The molecule has 1 N–H and O–H groups in total. The van der Waals surface area contributed by atoms with E-state index in [-0.39, 0.29) is 33.5 Å². The van der Waals surface area contributed by atoms with Gasteiger partial charge in [-0.05, 0) is 39.0 Å². The molecule has 1 aromatic rings. The summed E-state index contributed by atoms with van der Waals surface area (Å²) >= 11 is 7.05. The lowest BCUT2D eigenvalue weighted by molar-refractivity contribution is -0.117. The maximum atomic E-state index is 13.6. The number of alkyl carbamates (subject to hydrolysis) is 1. The van der Waals surface area contributed by atoms with Crippen LogP contribution in [0.25, 0.3) is 0 Å². The number of carbonyl (C=O) groups excluding carboxylic acids is 2. The van der Waals surface area contributed by atoms with E-state index >= 15 is 0 Å². The van der Waals surface area contributed by atoms with Crippen LogP contribution in [0.1, 0.15) is 20.8 Å². The Hall–Kier alpha value is -1.85. The molecule has 3 rings (SSSR count). The minimum absolute atomic E-state index is 0.0445. The van der Waals surface area contributed by atoms with Gasteiger partial charge in [-0.15, -0.1) is 0 Å². The summed E-state index contributed by atoms with van der Waals surface area (Å²) in [7, 11) is -3.24. The zero-order valence-corrected chi connectivity index (χ0v) is 18.9. The number of carbonyl (C=O) groups is 2. The molecule has 2 amide bonds. The summed E-state index contributed by atoms with van der Waals surface area (Å²) in [6.07, 6.45) is -0.750. The normalized spacial score (nSPS) is 24.0. The molecule has 8 nitrogen and oxygen atoms in total. The van der Waals surface area contributed by atoms with Crippen molar-refractivity contribution in [1.29, 1.82) is 0 Å². The molecule has 2 atom stereocenters. The van der Waals surface area contributed by atoms with Crippen LogP contribution in [-0.2, 0) is 19.4 Å². The summed E-state index contributed by atoms with van der Waals surface area (Å²) < 4.78 is 42.8. The summed E-state index contributed by atoms with van der Waals surface area (Å²) in [6, 6.07) is 3.53. The van der Waals surface area contributed by atoms with Gasteiger partial charge in [0.15, 0.2) is 15.0 Å². The van der Waals surface area contributed by atoms with Crippen molar-refractivity contribution in [2.45, 2.75) is 37.7 Å². The third-order valence-corrected chi connectivity index (χ3v) is 7.75. The number of amides is 2. The standard InChI is InChI=1S/C18H21ClFN3O5S2/c1-18(2,3)28-17(25)21-7-15(24)22-16-23(10-4-5-12(20)11(19)6-10)13-8-30(26,27)9-14(13)29-16/h4-6,13-14H,7-9H2,1-3H3,(H,21,25)/t13-,14-/m0/s1. The molecule has 0 radical (unpaired) electrons. The van der Waals surface area contributed by atoms with E-state index in [1.165, 1.54) is 18.2 Å². The molecule has 2 aliphatic heterocycles. The van der Waals surface area contributed by atoms with E-state index < -0.39 is 39.3 Å². The Morgan fingerprint density at radius 1 is 1.37 bits per heavy atom. The molecule has 2 aliphatic rings. The largest absolute Gasteiger partial charge is 0.444 e. The molecule has 0 bridgehead atoms. The summed E-state index contributed by atoms with van der Waals surface area (Å²) in [4.78, 5) is 29.7. The summed E-state index contributed by atoms with van der Waals surface area (Å²) in [5.41, 5.74) is -0.271. The highest BCUT2D eigenvalue weighted by Crippen LogP contribution is 2.41. The van der Waals surface area contributed by atoms with E-state index in [0.29, 0.717) is 5.69 Å². The Bertz CT molecular complexity index is 1010. The summed E-state index contributed by atoms with van der Waals surface area (Å²) in [6.45, 7) is 4.71. The first-order valence-corrected chi connectivity index (χ1v) is 12.1. The van der Waals surface area contributed by atoms with Crippen LogP contribution in [-0.4, -0.2) is 60.5 Å². The summed E-state index contributed by atoms with van der Waals surface area (Å²) in [5, 5.41) is 2.17. The number of ether oxygens (including phenoxy) is 1. The Morgan fingerprint density at radius 3 is 2.70 bits per heavy atom. The first-order valence-electron chi connectivity index (χ1n) is 9.04. The SMILES string of the molecule is CC(C)(C)OC(=O)NCC(=O)N=C1S[C@H]2CS(=O)(=O)C[C@@H]2N1c1ccc(F)c(Cl)c1. The van der Waals surface area contributed by atoms with Crippen molar-refractivity contribution in [3.8, 4) is 0 Å². The highest BCUT2D eigenvalue weighted by Gasteiger charge is 2.49. The van der Waals surface area contributed by atoms with Gasteiger partial charge in [-0.1, -0.05) is 23.4 Å². The minimum atomic E-state index is -3.24. The third-order valence-electron chi connectivity index (χ3n) is 4.25. The molecule has 164 valence electrons. The molecule has 1 aromatic carbocycles. The zero-order chi connectivity index (χ0) is 22.3. The molecular weight excluding hydrogens is 457 g/mol. The average molecular weight is 478 g/mol. The Labute approximate surface area is 183 Å². The second kappa shape index (κ2) is 8.35. The molecule has 2 heterocycles. The molecule has 0 aliphatic carbocycles. The third kappa shape index (κ3) is 5.44. The number of hydrogen-bond donors (Lipinski definition) is 1. The first-order chi connectivity index (χ1) is 13.8. The molecule has 0 unspecified atom stereocenters. The van der Waals surface area contributed by atoms with E-state index in [9.17, 15) is 22.4 Å². The number of aliphatic imine (C=N–C) groups is 1. The number of benzene rings is 1. The van der Waals surface area contributed by atoms with Crippen LogP contribution in [0, 0.1) is 5.82 Å². The topological polar surface area (TPSA) is 105 Å². The number of fused-ring (bicyclic) bond motifs is 1. The van der Waals surface area contributed by atoms with Crippen molar-refractivity contribution in [2.75, 3.05) is 23.0 Å². The van der Waals surface area contributed by atoms with Crippen LogP contribution in [0.5, 0.6) is 0 Å². The second-order valence-electron chi connectivity index (χ2n) is 7.91. The van der Waals surface area contributed by atoms with E-state index in [4.69, 9.17) is 16.3 Å². The molecule has 30 heavy (non-hydrogen) atoms. The Balaban J connectivity index is 1.80. The fourth-order valence-corrected chi connectivity index (χ4v) is 7.22. The van der Waals surface area contributed by atoms with Gasteiger partial charge in [-0.3, -0.25) is 4.79 Å². The molecule has 12 heteroatoms. The quantitative estimate of drug-likeness (QED) is 0.713. The van der Waals surface area contributed by atoms with Crippen molar-refractivity contribution >= 4 is 56.1 Å². The number of sulfone groups is 1. The number of nitrogens with one attached hydrogen (secondary N) is 1. The van der Waals surface area contributed by atoms with Crippen LogP contribution in [0.15, 0.2) is 23.2 Å². The molecule has 0 saturated carbocycles. The van der Waals surface area contributed by atoms with Gasteiger partial charge in [-0.2, -0.15) is 4.99 Å². The van der Waals surface area contributed by atoms with Crippen molar-refractivity contribution in [3.63, 3.8) is 0 Å².